The summed E-state index contributed by atoms with van der Waals surface area (Å²) in [5, 5.41) is 21.5. The van der Waals surface area contributed by atoms with Crippen molar-refractivity contribution in [1.82, 2.24) is 5.32 Å². The zero-order valence-corrected chi connectivity index (χ0v) is 12.3. The summed E-state index contributed by atoms with van der Waals surface area (Å²) in [4.78, 5) is 0. The third-order valence-corrected chi connectivity index (χ3v) is 3.45. The minimum atomic E-state index is 0.101. The predicted molar refractivity (Wildman–Crippen MR) is 77.7 cm³/mol. The van der Waals surface area contributed by atoms with Crippen LogP contribution in [0.15, 0.2) is 24.3 Å². The van der Waals surface area contributed by atoms with Gasteiger partial charge in [-0.1, -0.05) is 32.9 Å². The molecule has 0 spiro atoms. The van der Waals surface area contributed by atoms with Gasteiger partial charge in [0.15, 0.2) is 0 Å². The van der Waals surface area contributed by atoms with Gasteiger partial charge in [0.25, 0.3) is 0 Å². The number of aliphatic hydroxyl groups is 1. The molecule has 1 rings (SSSR count). The maximum absolute atomic E-state index is 9.18. The number of aliphatic hydroxyl groups excluding tert-OH is 1. The summed E-state index contributed by atoms with van der Waals surface area (Å²) in [6, 6.07) is 10.2. The second-order valence-corrected chi connectivity index (χ2v) is 6.05. The molecule has 0 aliphatic heterocycles. The van der Waals surface area contributed by atoms with E-state index in [1.807, 2.05) is 24.3 Å². The fourth-order valence-electron chi connectivity index (χ4n) is 2.14. The molecule has 0 amide bonds. The molecule has 0 bridgehead atoms. The Hall–Kier alpha value is -1.37. The van der Waals surface area contributed by atoms with Crippen molar-refractivity contribution in [2.24, 2.45) is 5.41 Å². The molecule has 1 aromatic carbocycles. The van der Waals surface area contributed by atoms with Crippen LogP contribution in [-0.2, 0) is 0 Å². The van der Waals surface area contributed by atoms with Gasteiger partial charge in [0.2, 0.25) is 0 Å². The van der Waals surface area contributed by atoms with Crippen LogP contribution in [-0.4, -0.2) is 17.8 Å². The average molecular weight is 260 g/mol. The molecule has 1 aromatic rings. The van der Waals surface area contributed by atoms with Crippen molar-refractivity contribution < 1.29 is 5.11 Å². The summed E-state index contributed by atoms with van der Waals surface area (Å²) in [6.07, 6.45) is 0.740. The van der Waals surface area contributed by atoms with Gasteiger partial charge >= 0.3 is 0 Å². The van der Waals surface area contributed by atoms with Gasteiger partial charge in [-0.3, -0.25) is 0 Å². The van der Waals surface area contributed by atoms with E-state index in [1.54, 1.807) is 0 Å². The van der Waals surface area contributed by atoms with Crippen LogP contribution >= 0.6 is 0 Å². The molecule has 0 heterocycles. The average Bonchev–Trinajstić information content (AvgIpc) is 2.37. The largest absolute Gasteiger partial charge is 0.396 e. The molecule has 2 atom stereocenters. The lowest BCUT2D eigenvalue weighted by Crippen LogP contribution is -2.42. The quantitative estimate of drug-likeness (QED) is 0.855. The van der Waals surface area contributed by atoms with Gasteiger partial charge in [0.1, 0.15) is 0 Å². The van der Waals surface area contributed by atoms with E-state index in [4.69, 9.17) is 5.26 Å². The lowest BCUT2D eigenvalue weighted by Gasteiger charge is -2.34. The number of benzene rings is 1. The first-order valence-corrected chi connectivity index (χ1v) is 6.75. The van der Waals surface area contributed by atoms with Crippen LogP contribution in [0.3, 0.4) is 0 Å². The molecule has 0 saturated carbocycles. The van der Waals surface area contributed by atoms with Gasteiger partial charge < -0.3 is 10.4 Å². The Kier molecular flexibility index (Phi) is 5.53. The van der Waals surface area contributed by atoms with Crippen LogP contribution in [0.4, 0.5) is 0 Å². The van der Waals surface area contributed by atoms with Crippen LogP contribution in [0.5, 0.6) is 0 Å². The molecule has 2 N–H and O–H groups in total. The fourth-order valence-corrected chi connectivity index (χ4v) is 2.14. The molecule has 0 aromatic heterocycles. The van der Waals surface area contributed by atoms with Gasteiger partial charge in [-0.25, -0.2) is 0 Å². The first-order chi connectivity index (χ1) is 8.88. The molecule has 104 valence electrons. The molecule has 3 heteroatoms. The van der Waals surface area contributed by atoms with Gasteiger partial charge in [0.05, 0.1) is 11.6 Å². The number of rotatable bonds is 5. The van der Waals surface area contributed by atoms with Gasteiger partial charge in [0, 0.05) is 18.7 Å². The van der Waals surface area contributed by atoms with Crippen molar-refractivity contribution in [2.75, 3.05) is 6.61 Å². The van der Waals surface area contributed by atoms with Crippen LogP contribution in [0.25, 0.3) is 0 Å². The Balaban J connectivity index is 2.76. The van der Waals surface area contributed by atoms with Gasteiger partial charge in [-0.05, 0) is 36.5 Å². The smallest absolute Gasteiger partial charge is 0.0991 e. The van der Waals surface area contributed by atoms with E-state index < -0.39 is 0 Å². The van der Waals surface area contributed by atoms with Crippen molar-refractivity contribution >= 4 is 0 Å². The topological polar surface area (TPSA) is 56.0 Å². The first kappa shape index (κ1) is 15.7. The van der Waals surface area contributed by atoms with Crippen LogP contribution < -0.4 is 5.32 Å². The van der Waals surface area contributed by atoms with Crippen molar-refractivity contribution in [3.8, 4) is 6.07 Å². The highest BCUT2D eigenvalue weighted by Gasteiger charge is 2.25. The van der Waals surface area contributed by atoms with Crippen molar-refractivity contribution in [2.45, 2.75) is 46.2 Å². The van der Waals surface area contributed by atoms with E-state index in [1.165, 1.54) is 0 Å². The standard InChI is InChI=1S/C16H24N2O/c1-12(14-7-5-13(11-17)6-8-14)18-15(9-10-19)16(2,3)4/h5-8,12,15,18-19H,9-10H2,1-4H3. The minimum absolute atomic E-state index is 0.101. The summed E-state index contributed by atoms with van der Waals surface area (Å²) in [5.41, 5.74) is 1.94. The lowest BCUT2D eigenvalue weighted by molar-refractivity contribution is 0.188. The van der Waals surface area contributed by atoms with E-state index in [0.717, 1.165) is 12.0 Å². The van der Waals surface area contributed by atoms with Gasteiger partial charge in [-0.2, -0.15) is 5.26 Å². The summed E-state index contributed by atoms with van der Waals surface area (Å²) in [5.74, 6) is 0. The SMILES string of the molecule is CC(NC(CCO)C(C)(C)C)c1ccc(C#N)cc1. The number of hydrogen-bond donors (Lipinski definition) is 2. The number of nitriles is 1. The highest BCUT2D eigenvalue weighted by Crippen LogP contribution is 2.25. The van der Waals surface area contributed by atoms with E-state index in [-0.39, 0.29) is 24.1 Å². The molecule has 19 heavy (non-hydrogen) atoms. The third kappa shape index (κ3) is 4.66. The highest BCUT2D eigenvalue weighted by molar-refractivity contribution is 5.32. The Morgan fingerprint density at radius 3 is 2.26 bits per heavy atom. The second kappa shape index (κ2) is 6.70. The fraction of sp³-hybridized carbons (Fsp3) is 0.562. The molecular weight excluding hydrogens is 236 g/mol. The van der Waals surface area contributed by atoms with E-state index in [0.29, 0.717) is 5.56 Å². The van der Waals surface area contributed by atoms with E-state index in [9.17, 15) is 5.11 Å². The highest BCUT2D eigenvalue weighted by atomic mass is 16.3. The number of nitrogens with zero attached hydrogens (tertiary/aromatic N) is 1. The predicted octanol–water partition coefficient (Wildman–Crippen LogP) is 3.01. The zero-order chi connectivity index (χ0) is 14.5. The maximum Gasteiger partial charge on any atom is 0.0991 e. The molecular formula is C16H24N2O. The van der Waals surface area contributed by atoms with E-state index in [2.05, 4.69) is 39.1 Å². The van der Waals surface area contributed by atoms with Crippen molar-refractivity contribution in [3.63, 3.8) is 0 Å². The molecule has 0 radical (unpaired) electrons. The molecule has 0 fully saturated rings. The molecule has 0 aliphatic carbocycles. The number of nitrogens with one attached hydrogen (secondary N) is 1. The molecule has 0 saturated heterocycles. The molecule has 0 aliphatic rings. The summed E-state index contributed by atoms with van der Waals surface area (Å²) in [7, 11) is 0. The Bertz CT molecular complexity index is 426. The first-order valence-electron chi connectivity index (χ1n) is 6.75. The summed E-state index contributed by atoms with van der Waals surface area (Å²) >= 11 is 0. The van der Waals surface area contributed by atoms with Crippen molar-refractivity contribution in [1.29, 1.82) is 5.26 Å². The summed E-state index contributed by atoms with van der Waals surface area (Å²) in [6.45, 7) is 8.82. The lowest BCUT2D eigenvalue weighted by atomic mass is 9.84. The van der Waals surface area contributed by atoms with Gasteiger partial charge in [-0.15, -0.1) is 0 Å². The van der Waals surface area contributed by atoms with Crippen LogP contribution in [0.1, 0.15) is 51.3 Å². The zero-order valence-electron chi connectivity index (χ0n) is 12.3. The Morgan fingerprint density at radius 1 is 1.26 bits per heavy atom. The minimum Gasteiger partial charge on any atom is -0.396 e. The second-order valence-electron chi connectivity index (χ2n) is 6.05. The van der Waals surface area contributed by atoms with Crippen LogP contribution in [0.2, 0.25) is 0 Å². The third-order valence-electron chi connectivity index (χ3n) is 3.45. The Labute approximate surface area is 116 Å². The van der Waals surface area contributed by atoms with Crippen molar-refractivity contribution in [3.05, 3.63) is 35.4 Å². The Morgan fingerprint density at radius 2 is 1.84 bits per heavy atom. The number of hydrogen-bond acceptors (Lipinski definition) is 3. The normalized spacial score (nSPS) is 14.7. The molecule has 2 unspecified atom stereocenters. The monoisotopic (exact) mass is 260 g/mol. The van der Waals surface area contributed by atoms with Crippen LogP contribution in [0, 0.1) is 16.7 Å². The van der Waals surface area contributed by atoms with E-state index >= 15 is 0 Å². The molecule has 3 nitrogen and oxygen atoms in total. The maximum atomic E-state index is 9.18. The summed E-state index contributed by atoms with van der Waals surface area (Å²) < 4.78 is 0.